The quantitative estimate of drug-likeness (QED) is 0.918. The number of thiazole rings is 1. The minimum Gasteiger partial charge on any atom is -0.306 e. The summed E-state index contributed by atoms with van der Waals surface area (Å²) >= 11 is 1.72. The van der Waals surface area contributed by atoms with E-state index in [0.29, 0.717) is 0 Å². The first-order valence-electron chi connectivity index (χ1n) is 7.33. The Morgan fingerprint density at radius 3 is 3.11 bits per heavy atom. The summed E-state index contributed by atoms with van der Waals surface area (Å²) in [5, 5.41) is 4.28. The lowest BCUT2D eigenvalue weighted by atomic mass is 10.1. The van der Waals surface area contributed by atoms with Crippen LogP contribution in [0.25, 0.3) is 0 Å². The first-order valence-corrected chi connectivity index (χ1v) is 8.14. The summed E-state index contributed by atoms with van der Waals surface area (Å²) in [5.74, 6) is 0.215. The minimum atomic E-state index is -0.00700. The number of fused-ring (bicyclic) bond motifs is 1. The van der Waals surface area contributed by atoms with Gasteiger partial charge in [-0.05, 0) is 45.1 Å². The second-order valence-corrected chi connectivity index (χ2v) is 6.42. The number of aryl methyl sites for hydroxylation is 2. The average molecular weight is 279 g/mol. The first-order chi connectivity index (χ1) is 9.29. The maximum atomic E-state index is 12.5. The average Bonchev–Trinajstić information content (AvgIpc) is 2.98. The molecule has 1 aromatic heterocycles. The van der Waals surface area contributed by atoms with E-state index in [0.717, 1.165) is 50.3 Å². The van der Waals surface area contributed by atoms with Gasteiger partial charge in [0.05, 0.1) is 11.7 Å². The summed E-state index contributed by atoms with van der Waals surface area (Å²) in [6, 6.07) is -0.00700. The smallest absolute Gasteiger partial charge is 0.245 e. The van der Waals surface area contributed by atoms with Gasteiger partial charge in [-0.1, -0.05) is 6.92 Å². The van der Waals surface area contributed by atoms with E-state index in [4.69, 9.17) is 0 Å². The molecule has 1 unspecified atom stereocenters. The normalized spacial score (nSPS) is 22.9. The predicted molar refractivity (Wildman–Crippen MR) is 77.8 cm³/mol. The van der Waals surface area contributed by atoms with Crippen molar-refractivity contribution in [1.29, 1.82) is 0 Å². The predicted octanol–water partition coefficient (Wildman–Crippen LogP) is 2.13. The highest BCUT2D eigenvalue weighted by atomic mass is 32.1. The molecule has 0 radical (unpaired) electrons. The van der Waals surface area contributed by atoms with E-state index < -0.39 is 0 Å². The summed E-state index contributed by atoms with van der Waals surface area (Å²) < 4.78 is 0. The molecule has 2 heterocycles. The maximum Gasteiger partial charge on any atom is 0.245 e. The molecule has 104 valence electrons. The number of hydrogen-bond acceptors (Lipinski definition) is 4. The molecule has 19 heavy (non-hydrogen) atoms. The number of rotatable bonds is 4. The van der Waals surface area contributed by atoms with E-state index in [9.17, 15) is 4.79 Å². The first kappa shape index (κ1) is 13.1. The van der Waals surface area contributed by atoms with Crippen LogP contribution in [0.1, 0.15) is 43.2 Å². The number of anilines is 1. The molecule has 1 fully saturated rings. The standard InChI is InChI=1S/C14H21N3OS/c1-2-8-15-11-6-4-9-17(13(11)18)14-16-10-5-3-7-12(10)19-14/h11,15H,2-9H2,1H3. The number of carbonyl (C=O) groups is 1. The lowest BCUT2D eigenvalue weighted by Gasteiger charge is -2.31. The second kappa shape index (κ2) is 5.59. The van der Waals surface area contributed by atoms with Crippen molar-refractivity contribution in [3.8, 4) is 0 Å². The van der Waals surface area contributed by atoms with Crippen LogP contribution in [-0.4, -0.2) is 30.0 Å². The van der Waals surface area contributed by atoms with Gasteiger partial charge in [-0.2, -0.15) is 0 Å². The van der Waals surface area contributed by atoms with E-state index in [1.54, 1.807) is 11.3 Å². The van der Waals surface area contributed by atoms with Crippen molar-refractivity contribution < 1.29 is 4.79 Å². The Morgan fingerprint density at radius 1 is 1.42 bits per heavy atom. The number of nitrogens with zero attached hydrogens (tertiary/aromatic N) is 2. The molecule has 1 aliphatic carbocycles. The number of amides is 1. The lowest BCUT2D eigenvalue weighted by molar-refractivity contribution is -0.121. The largest absolute Gasteiger partial charge is 0.306 e. The van der Waals surface area contributed by atoms with Gasteiger partial charge in [-0.25, -0.2) is 4.98 Å². The Morgan fingerprint density at radius 2 is 2.32 bits per heavy atom. The van der Waals surface area contributed by atoms with Crippen molar-refractivity contribution in [2.24, 2.45) is 0 Å². The molecule has 0 spiro atoms. The van der Waals surface area contributed by atoms with E-state index >= 15 is 0 Å². The summed E-state index contributed by atoms with van der Waals surface area (Å²) in [6.07, 6.45) is 6.55. The van der Waals surface area contributed by atoms with Crippen molar-refractivity contribution >= 4 is 22.4 Å². The van der Waals surface area contributed by atoms with Crippen LogP contribution in [0, 0.1) is 0 Å². The SMILES string of the molecule is CCCNC1CCCN(c2nc3c(s2)CCC3)C1=O. The van der Waals surface area contributed by atoms with Crippen molar-refractivity contribution in [2.45, 2.75) is 51.5 Å². The molecule has 4 nitrogen and oxygen atoms in total. The van der Waals surface area contributed by atoms with Crippen LogP contribution in [0.4, 0.5) is 5.13 Å². The molecule has 1 aromatic rings. The van der Waals surface area contributed by atoms with E-state index in [2.05, 4.69) is 17.2 Å². The molecule has 1 atom stereocenters. The Kier molecular flexibility index (Phi) is 3.84. The molecule has 1 aliphatic heterocycles. The third-order valence-electron chi connectivity index (χ3n) is 3.89. The van der Waals surface area contributed by atoms with Crippen molar-refractivity contribution in [3.63, 3.8) is 0 Å². The monoisotopic (exact) mass is 279 g/mol. The molecule has 0 bridgehead atoms. The lowest BCUT2D eigenvalue weighted by Crippen LogP contribution is -2.51. The van der Waals surface area contributed by atoms with E-state index in [1.165, 1.54) is 17.0 Å². The maximum absolute atomic E-state index is 12.5. The van der Waals surface area contributed by atoms with Crippen LogP contribution in [0.3, 0.4) is 0 Å². The van der Waals surface area contributed by atoms with Crippen LogP contribution in [0.5, 0.6) is 0 Å². The third kappa shape index (κ3) is 2.54. The zero-order chi connectivity index (χ0) is 13.2. The van der Waals surface area contributed by atoms with Crippen molar-refractivity contribution in [3.05, 3.63) is 10.6 Å². The molecular formula is C14H21N3OS. The zero-order valence-electron chi connectivity index (χ0n) is 11.4. The van der Waals surface area contributed by atoms with Gasteiger partial charge >= 0.3 is 0 Å². The van der Waals surface area contributed by atoms with Crippen LogP contribution >= 0.6 is 11.3 Å². The Bertz CT molecular complexity index is 450. The molecule has 0 saturated carbocycles. The Hall–Kier alpha value is -0.940. The topological polar surface area (TPSA) is 45.2 Å². The second-order valence-electron chi connectivity index (χ2n) is 5.36. The highest BCUT2D eigenvalue weighted by molar-refractivity contribution is 7.16. The number of carbonyl (C=O) groups excluding carboxylic acids is 1. The summed E-state index contributed by atoms with van der Waals surface area (Å²) in [7, 11) is 0. The minimum absolute atomic E-state index is 0.00700. The van der Waals surface area contributed by atoms with Gasteiger partial charge in [0.1, 0.15) is 0 Å². The van der Waals surface area contributed by atoms with Gasteiger partial charge < -0.3 is 5.32 Å². The van der Waals surface area contributed by atoms with Gasteiger partial charge in [0.25, 0.3) is 0 Å². The zero-order valence-corrected chi connectivity index (χ0v) is 12.3. The van der Waals surface area contributed by atoms with Crippen LogP contribution < -0.4 is 10.2 Å². The molecule has 1 N–H and O–H groups in total. The Labute approximate surface area is 118 Å². The fourth-order valence-corrected chi connectivity index (χ4v) is 4.04. The highest BCUT2D eigenvalue weighted by Crippen LogP contribution is 2.34. The molecule has 2 aliphatic rings. The van der Waals surface area contributed by atoms with Gasteiger partial charge in [0.15, 0.2) is 5.13 Å². The highest BCUT2D eigenvalue weighted by Gasteiger charge is 2.31. The summed E-state index contributed by atoms with van der Waals surface area (Å²) in [5.41, 5.74) is 1.23. The summed E-state index contributed by atoms with van der Waals surface area (Å²) in [6.45, 7) is 3.87. The van der Waals surface area contributed by atoms with Crippen LogP contribution in [0.15, 0.2) is 0 Å². The van der Waals surface area contributed by atoms with Crippen molar-refractivity contribution in [1.82, 2.24) is 10.3 Å². The number of aromatic nitrogens is 1. The molecule has 5 heteroatoms. The van der Waals surface area contributed by atoms with Crippen LogP contribution in [0.2, 0.25) is 0 Å². The van der Waals surface area contributed by atoms with E-state index in [1.807, 2.05) is 4.90 Å². The van der Waals surface area contributed by atoms with E-state index in [-0.39, 0.29) is 11.9 Å². The molecule has 3 rings (SSSR count). The summed E-state index contributed by atoms with van der Waals surface area (Å²) in [4.78, 5) is 20.5. The molecule has 0 aromatic carbocycles. The van der Waals surface area contributed by atoms with Gasteiger partial charge in [0.2, 0.25) is 5.91 Å². The van der Waals surface area contributed by atoms with Crippen molar-refractivity contribution in [2.75, 3.05) is 18.0 Å². The number of nitrogens with one attached hydrogen (secondary N) is 1. The molecule has 1 saturated heterocycles. The molecule has 1 amide bonds. The van der Waals surface area contributed by atoms with Gasteiger partial charge in [-0.15, -0.1) is 11.3 Å². The van der Waals surface area contributed by atoms with Crippen LogP contribution in [-0.2, 0) is 17.6 Å². The van der Waals surface area contributed by atoms with Gasteiger partial charge in [0, 0.05) is 11.4 Å². The fraction of sp³-hybridized carbons (Fsp3) is 0.714. The number of hydrogen-bond donors (Lipinski definition) is 1. The Balaban J connectivity index is 1.74. The molecular weight excluding hydrogens is 258 g/mol. The number of piperidine rings is 1. The third-order valence-corrected chi connectivity index (χ3v) is 5.08. The fourth-order valence-electron chi connectivity index (χ4n) is 2.87. The van der Waals surface area contributed by atoms with Gasteiger partial charge in [-0.3, -0.25) is 9.69 Å².